The first-order chi connectivity index (χ1) is 12.3. The lowest BCUT2D eigenvalue weighted by Gasteiger charge is -2.32. The quantitative estimate of drug-likeness (QED) is 0.560. The fourth-order valence-corrected chi connectivity index (χ4v) is 4.53. The number of morpholine rings is 1. The van der Waals surface area contributed by atoms with Crippen LogP contribution in [0.1, 0.15) is 6.92 Å². The number of urea groups is 1. The van der Waals surface area contributed by atoms with Gasteiger partial charge in [-0.3, -0.25) is 10.1 Å². The minimum Gasteiger partial charge on any atom is -0.378 e. The molecule has 0 aliphatic carbocycles. The van der Waals surface area contributed by atoms with E-state index < -0.39 is 14.9 Å². The maximum absolute atomic E-state index is 12.8. The SMILES string of the molecule is C[C@@H]1CN(S(=O)(=O)c2cccc([N+](=O)[O-])c2)CN1C(=O)N1CCOCC1. The van der Waals surface area contributed by atoms with Crippen LogP contribution in [0.15, 0.2) is 29.2 Å². The normalized spacial score (nSPS) is 21.8. The molecule has 2 heterocycles. The predicted octanol–water partition coefficient (Wildman–Crippen LogP) is 0.699. The zero-order valence-electron chi connectivity index (χ0n) is 14.3. The number of nitrogens with zero attached hydrogens (tertiary/aromatic N) is 4. The van der Waals surface area contributed by atoms with Crippen LogP contribution in [-0.4, -0.2) is 79.0 Å². The van der Waals surface area contributed by atoms with Gasteiger partial charge in [0.05, 0.1) is 29.7 Å². The Balaban J connectivity index is 1.78. The molecule has 142 valence electrons. The van der Waals surface area contributed by atoms with E-state index in [1.807, 2.05) is 0 Å². The van der Waals surface area contributed by atoms with E-state index in [1.54, 1.807) is 11.8 Å². The van der Waals surface area contributed by atoms with Crippen molar-refractivity contribution in [3.8, 4) is 0 Å². The van der Waals surface area contributed by atoms with E-state index in [0.717, 1.165) is 6.07 Å². The molecule has 26 heavy (non-hydrogen) atoms. The lowest BCUT2D eigenvalue weighted by molar-refractivity contribution is -0.385. The smallest absolute Gasteiger partial charge is 0.321 e. The highest BCUT2D eigenvalue weighted by Gasteiger charge is 2.40. The van der Waals surface area contributed by atoms with Crippen molar-refractivity contribution >= 4 is 21.7 Å². The number of sulfonamides is 1. The van der Waals surface area contributed by atoms with Crippen molar-refractivity contribution in [1.29, 1.82) is 0 Å². The van der Waals surface area contributed by atoms with E-state index in [-0.39, 0.29) is 35.9 Å². The number of carbonyl (C=O) groups is 1. The standard InChI is InChI=1S/C15H20N4O6S/c1-12-10-17(11-18(12)15(20)16-5-7-25-8-6-16)26(23,24)14-4-2-3-13(9-14)19(21)22/h2-4,9,12H,5-8,10-11H2,1H3/t12-/m1/s1. The third kappa shape index (κ3) is 3.50. The maximum Gasteiger partial charge on any atom is 0.321 e. The van der Waals surface area contributed by atoms with Gasteiger partial charge in [-0.2, -0.15) is 4.31 Å². The van der Waals surface area contributed by atoms with E-state index in [0.29, 0.717) is 26.3 Å². The number of nitro benzene ring substituents is 1. The van der Waals surface area contributed by atoms with Gasteiger partial charge < -0.3 is 14.5 Å². The molecule has 0 radical (unpaired) electrons. The summed E-state index contributed by atoms with van der Waals surface area (Å²) in [5, 5.41) is 10.9. The van der Waals surface area contributed by atoms with Crippen molar-refractivity contribution in [3.05, 3.63) is 34.4 Å². The third-order valence-corrected chi connectivity index (χ3v) is 6.30. The summed E-state index contributed by atoms with van der Waals surface area (Å²) in [7, 11) is -3.93. The molecule has 2 fully saturated rings. The number of benzene rings is 1. The predicted molar refractivity (Wildman–Crippen MR) is 90.9 cm³/mol. The van der Waals surface area contributed by atoms with Crippen LogP contribution in [-0.2, 0) is 14.8 Å². The lowest BCUT2D eigenvalue weighted by atomic mass is 10.3. The molecular weight excluding hydrogens is 364 g/mol. The van der Waals surface area contributed by atoms with Gasteiger partial charge in [0, 0.05) is 37.8 Å². The fraction of sp³-hybridized carbons (Fsp3) is 0.533. The molecule has 2 saturated heterocycles. The van der Waals surface area contributed by atoms with Crippen LogP contribution in [0.4, 0.5) is 10.5 Å². The Hall–Kier alpha value is -2.24. The largest absolute Gasteiger partial charge is 0.378 e. The van der Waals surface area contributed by atoms with Crippen LogP contribution < -0.4 is 0 Å². The second-order valence-corrected chi connectivity index (χ2v) is 8.17. The summed E-state index contributed by atoms with van der Waals surface area (Å²) in [5.74, 6) is 0. The zero-order chi connectivity index (χ0) is 18.9. The summed E-state index contributed by atoms with van der Waals surface area (Å²) >= 11 is 0. The van der Waals surface area contributed by atoms with Crippen molar-refractivity contribution in [2.24, 2.45) is 0 Å². The van der Waals surface area contributed by atoms with Gasteiger partial charge in [0.1, 0.15) is 0 Å². The Morgan fingerprint density at radius 2 is 2.00 bits per heavy atom. The summed E-state index contributed by atoms with van der Waals surface area (Å²) in [4.78, 5) is 25.9. The van der Waals surface area contributed by atoms with Gasteiger partial charge in [0.2, 0.25) is 10.0 Å². The van der Waals surface area contributed by atoms with E-state index in [4.69, 9.17) is 4.74 Å². The molecule has 0 aromatic heterocycles. The second-order valence-electron chi connectivity index (χ2n) is 6.24. The molecule has 10 nitrogen and oxygen atoms in total. The van der Waals surface area contributed by atoms with Crippen LogP contribution in [0.3, 0.4) is 0 Å². The zero-order valence-corrected chi connectivity index (χ0v) is 15.1. The third-order valence-electron chi connectivity index (χ3n) is 4.50. The number of rotatable bonds is 3. The number of nitro groups is 1. The number of hydrogen-bond acceptors (Lipinski definition) is 6. The average molecular weight is 384 g/mol. The minimum absolute atomic E-state index is 0.0810. The highest BCUT2D eigenvalue weighted by Crippen LogP contribution is 2.25. The summed E-state index contributed by atoms with van der Waals surface area (Å²) in [6, 6.07) is 4.41. The first-order valence-electron chi connectivity index (χ1n) is 8.18. The van der Waals surface area contributed by atoms with Gasteiger partial charge in [-0.05, 0) is 13.0 Å². The van der Waals surface area contributed by atoms with Crippen molar-refractivity contribution < 1.29 is 22.9 Å². The van der Waals surface area contributed by atoms with Crippen LogP contribution in [0.2, 0.25) is 0 Å². The lowest BCUT2D eigenvalue weighted by Crippen LogP contribution is -2.49. The molecule has 1 atom stereocenters. The monoisotopic (exact) mass is 384 g/mol. The molecule has 0 spiro atoms. The molecule has 1 aromatic carbocycles. The Kier molecular flexibility index (Phi) is 5.12. The topological polar surface area (TPSA) is 113 Å². The van der Waals surface area contributed by atoms with Gasteiger partial charge in [0.15, 0.2) is 0 Å². The van der Waals surface area contributed by atoms with Gasteiger partial charge in [-0.15, -0.1) is 0 Å². The Morgan fingerprint density at radius 3 is 2.65 bits per heavy atom. The number of hydrogen-bond donors (Lipinski definition) is 0. The Morgan fingerprint density at radius 1 is 1.31 bits per heavy atom. The minimum atomic E-state index is -3.93. The Labute approximate surface area is 151 Å². The molecule has 2 aliphatic rings. The van der Waals surface area contributed by atoms with Crippen LogP contribution >= 0.6 is 0 Å². The molecule has 0 bridgehead atoms. The van der Waals surface area contributed by atoms with Crippen molar-refractivity contribution in [1.82, 2.24) is 14.1 Å². The van der Waals surface area contributed by atoms with Crippen molar-refractivity contribution in [3.63, 3.8) is 0 Å². The van der Waals surface area contributed by atoms with Gasteiger partial charge in [-0.1, -0.05) is 6.07 Å². The van der Waals surface area contributed by atoms with Gasteiger partial charge in [0.25, 0.3) is 5.69 Å². The number of ether oxygens (including phenoxy) is 1. The molecule has 0 saturated carbocycles. The second kappa shape index (κ2) is 7.17. The first-order valence-corrected chi connectivity index (χ1v) is 9.62. The Bertz CT molecular complexity index is 808. The van der Waals surface area contributed by atoms with Gasteiger partial charge in [-0.25, -0.2) is 13.2 Å². The summed E-state index contributed by atoms with van der Waals surface area (Å²) < 4.78 is 32.1. The van der Waals surface area contributed by atoms with Crippen LogP contribution in [0.5, 0.6) is 0 Å². The van der Waals surface area contributed by atoms with E-state index in [9.17, 15) is 23.3 Å². The molecule has 2 amide bonds. The number of non-ortho nitro benzene ring substituents is 1. The fourth-order valence-electron chi connectivity index (χ4n) is 3.03. The first kappa shape index (κ1) is 18.5. The maximum atomic E-state index is 12.8. The molecule has 0 N–H and O–H groups in total. The van der Waals surface area contributed by atoms with Crippen molar-refractivity contribution in [2.45, 2.75) is 17.9 Å². The molecule has 1 aromatic rings. The summed E-state index contributed by atoms with van der Waals surface area (Å²) in [6.07, 6.45) is 0. The van der Waals surface area contributed by atoms with Crippen LogP contribution in [0, 0.1) is 10.1 Å². The molecular formula is C15H20N4O6S. The summed E-state index contributed by atoms with van der Waals surface area (Å²) in [5.41, 5.74) is -0.292. The molecule has 11 heteroatoms. The number of amides is 2. The van der Waals surface area contributed by atoms with E-state index >= 15 is 0 Å². The number of carbonyl (C=O) groups excluding carboxylic acids is 1. The van der Waals surface area contributed by atoms with E-state index in [2.05, 4.69) is 0 Å². The summed E-state index contributed by atoms with van der Waals surface area (Å²) in [6.45, 7) is 3.71. The molecule has 2 aliphatic heterocycles. The molecule has 0 unspecified atom stereocenters. The highest BCUT2D eigenvalue weighted by molar-refractivity contribution is 7.89. The van der Waals surface area contributed by atoms with E-state index in [1.165, 1.54) is 27.4 Å². The average Bonchev–Trinajstić information content (AvgIpc) is 3.04. The highest BCUT2D eigenvalue weighted by atomic mass is 32.2. The van der Waals surface area contributed by atoms with Gasteiger partial charge >= 0.3 is 6.03 Å². The molecule has 3 rings (SSSR count). The van der Waals surface area contributed by atoms with Crippen LogP contribution in [0.25, 0.3) is 0 Å². The van der Waals surface area contributed by atoms with Crippen molar-refractivity contribution in [2.75, 3.05) is 39.5 Å².